The fourth-order valence-corrected chi connectivity index (χ4v) is 5.73. The highest BCUT2D eigenvalue weighted by Crippen LogP contribution is 2.35. The number of nitrogens with one attached hydrogen (secondary N) is 1. The Kier molecular flexibility index (Phi) is 5.75. The van der Waals surface area contributed by atoms with Crippen LogP contribution in [-0.2, 0) is 11.3 Å². The molecule has 0 radical (unpaired) electrons. The zero-order chi connectivity index (χ0) is 23.1. The average Bonchev–Trinajstić information content (AvgIpc) is 3.18. The average molecular weight is 461 g/mol. The monoisotopic (exact) mass is 460 g/mol. The van der Waals surface area contributed by atoms with Gasteiger partial charge in [0.25, 0.3) is 5.91 Å². The maximum atomic E-state index is 13.4. The maximum Gasteiger partial charge on any atom is 0.272 e. The second-order valence-corrected chi connectivity index (χ2v) is 9.90. The Bertz CT molecular complexity index is 1160. The molecule has 1 aromatic heterocycles. The molecule has 7 heteroatoms. The lowest BCUT2D eigenvalue weighted by molar-refractivity contribution is -0.0843. The summed E-state index contributed by atoms with van der Waals surface area (Å²) in [6.45, 7) is 2.30. The summed E-state index contributed by atoms with van der Waals surface area (Å²) in [5, 5.41) is 9.07. The van der Waals surface area contributed by atoms with Crippen molar-refractivity contribution in [2.24, 2.45) is 0 Å². The molecule has 1 N–H and O–H groups in total. The van der Waals surface area contributed by atoms with Gasteiger partial charge in [-0.05, 0) is 55.9 Å². The van der Waals surface area contributed by atoms with E-state index in [4.69, 9.17) is 14.6 Å². The van der Waals surface area contributed by atoms with E-state index < -0.39 is 0 Å². The molecule has 2 aliphatic heterocycles. The van der Waals surface area contributed by atoms with Gasteiger partial charge in [-0.25, -0.2) is 0 Å². The number of amides is 1. The van der Waals surface area contributed by atoms with Crippen molar-refractivity contribution in [1.82, 2.24) is 20.0 Å². The number of carbonyl (C=O) groups is 1. The fourth-order valence-electron chi connectivity index (χ4n) is 5.73. The molecule has 3 atom stereocenters. The third-order valence-electron chi connectivity index (χ3n) is 7.78. The minimum absolute atomic E-state index is 0.0538. The molecule has 1 unspecified atom stereocenters. The summed E-state index contributed by atoms with van der Waals surface area (Å²) in [6, 6.07) is 17.6. The lowest BCUT2D eigenvalue weighted by atomic mass is 9.89. The first-order valence-corrected chi connectivity index (χ1v) is 12.4. The highest BCUT2D eigenvalue weighted by atomic mass is 16.5. The third-order valence-corrected chi connectivity index (χ3v) is 7.78. The van der Waals surface area contributed by atoms with E-state index in [2.05, 4.69) is 33.1 Å². The molecular formula is C27H32N4O3. The summed E-state index contributed by atoms with van der Waals surface area (Å²) >= 11 is 0. The van der Waals surface area contributed by atoms with E-state index >= 15 is 0 Å². The topological polar surface area (TPSA) is 68.6 Å². The molecule has 1 saturated carbocycles. The molecule has 1 amide bonds. The second kappa shape index (κ2) is 9.04. The van der Waals surface area contributed by atoms with Gasteiger partial charge in [-0.3, -0.25) is 14.4 Å². The molecule has 2 bridgehead atoms. The van der Waals surface area contributed by atoms with Crippen LogP contribution in [0.3, 0.4) is 0 Å². The number of benzene rings is 2. The third kappa shape index (κ3) is 3.97. The van der Waals surface area contributed by atoms with E-state index in [-0.39, 0.29) is 11.9 Å². The van der Waals surface area contributed by atoms with E-state index in [1.54, 1.807) is 7.11 Å². The van der Waals surface area contributed by atoms with Crippen molar-refractivity contribution in [3.63, 3.8) is 0 Å². The molecule has 6 rings (SSSR count). The van der Waals surface area contributed by atoms with E-state index in [0.29, 0.717) is 37.0 Å². The van der Waals surface area contributed by atoms with Crippen molar-refractivity contribution < 1.29 is 14.3 Å². The SMILES string of the molecule is COc1ccc(CN2[C@@H]3COC[C@H]2CC(NC(=O)c2nn(C4CCC4)c4ccccc24)C3)cc1. The van der Waals surface area contributed by atoms with E-state index in [9.17, 15) is 4.79 Å². The zero-order valence-corrected chi connectivity index (χ0v) is 19.7. The van der Waals surface area contributed by atoms with Crippen LogP contribution in [0.5, 0.6) is 5.75 Å². The number of aromatic nitrogens is 2. The number of para-hydroxylation sites is 1. The van der Waals surface area contributed by atoms with Crippen LogP contribution in [0, 0.1) is 0 Å². The van der Waals surface area contributed by atoms with Crippen LogP contribution in [0.4, 0.5) is 0 Å². The lowest BCUT2D eigenvalue weighted by Crippen LogP contribution is -2.60. The molecule has 2 aromatic carbocycles. The number of morpholine rings is 1. The molecule has 2 saturated heterocycles. The van der Waals surface area contributed by atoms with Crippen molar-refractivity contribution in [2.75, 3.05) is 20.3 Å². The van der Waals surface area contributed by atoms with E-state index in [1.807, 2.05) is 30.3 Å². The van der Waals surface area contributed by atoms with Crippen molar-refractivity contribution in [3.8, 4) is 5.75 Å². The summed E-state index contributed by atoms with van der Waals surface area (Å²) in [4.78, 5) is 15.9. The molecule has 178 valence electrons. The van der Waals surface area contributed by atoms with Crippen molar-refractivity contribution >= 4 is 16.8 Å². The molecule has 3 aromatic rings. The predicted molar refractivity (Wildman–Crippen MR) is 130 cm³/mol. The second-order valence-electron chi connectivity index (χ2n) is 9.90. The number of carbonyl (C=O) groups excluding carboxylic acids is 1. The Hall–Kier alpha value is -2.90. The first kappa shape index (κ1) is 21.6. The number of nitrogens with zero attached hydrogens (tertiary/aromatic N) is 3. The number of hydrogen-bond acceptors (Lipinski definition) is 5. The highest BCUT2D eigenvalue weighted by Gasteiger charge is 2.39. The van der Waals surface area contributed by atoms with Gasteiger partial charge >= 0.3 is 0 Å². The number of rotatable bonds is 6. The summed E-state index contributed by atoms with van der Waals surface area (Å²) in [6.07, 6.45) is 5.30. The van der Waals surface area contributed by atoms with E-state index in [0.717, 1.165) is 48.9 Å². The Morgan fingerprint density at radius 2 is 1.79 bits per heavy atom. The van der Waals surface area contributed by atoms with Gasteiger partial charge in [0.1, 0.15) is 5.75 Å². The van der Waals surface area contributed by atoms with Crippen LogP contribution < -0.4 is 10.1 Å². The Morgan fingerprint density at radius 3 is 2.47 bits per heavy atom. The van der Waals surface area contributed by atoms with Crippen molar-refractivity contribution in [2.45, 2.75) is 62.8 Å². The molecule has 3 heterocycles. The number of piperidine rings is 1. The fraction of sp³-hybridized carbons (Fsp3) is 0.481. The van der Waals surface area contributed by atoms with Gasteiger partial charge in [0, 0.05) is 30.1 Å². The number of ether oxygens (including phenoxy) is 2. The van der Waals surface area contributed by atoms with Gasteiger partial charge in [-0.1, -0.05) is 30.3 Å². The molecule has 1 aliphatic carbocycles. The summed E-state index contributed by atoms with van der Waals surface area (Å²) in [7, 11) is 1.69. The van der Waals surface area contributed by atoms with Crippen LogP contribution in [0.1, 0.15) is 54.2 Å². The summed E-state index contributed by atoms with van der Waals surface area (Å²) in [5.74, 6) is 0.822. The van der Waals surface area contributed by atoms with Crippen LogP contribution in [-0.4, -0.2) is 59.0 Å². The Morgan fingerprint density at radius 1 is 1.06 bits per heavy atom. The zero-order valence-electron chi connectivity index (χ0n) is 19.7. The Balaban J connectivity index is 1.16. The number of hydrogen-bond donors (Lipinski definition) is 1. The number of fused-ring (bicyclic) bond motifs is 3. The van der Waals surface area contributed by atoms with Gasteiger partial charge in [-0.2, -0.15) is 5.10 Å². The molecule has 3 aliphatic rings. The van der Waals surface area contributed by atoms with Gasteiger partial charge in [0.05, 0.1) is 31.9 Å². The summed E-state index contributed by atoms with van der Waals surface area (Å²) in [5.41, 5.74) is 2.90. The van der Waals surface area contributed by atoms with E-state index in [1.165, 1.54) is 12.0 Å². The van der Waals surface area contributed by atoms with Crippen LogP contribution in [0.15, 0.2) is 48.5 Å². The van der Waals surface area contributed by atoms with Gasteiger partial charge in [-0.15, -0.1) is 0 Å². The standard InChI is InChI=1S/C27H32N4O3/c1-33-23-11-9-18(10-12-23)15-30-21-13-19(14-22(30)17-34-16-21)28-27(32)26-24-7-2-3-8-25(24)31(29-26)20-5-4-6-20/h2-3,7-12,19-22H,4-6,13-17H2,1H3,(H,28,32)/t19?,21-,22+. The quantitative estimate of drug-likeness (QED) is 0.604. The maximum absolute atomic E-state index is 13.4. The normalized spacial score (nSPS) is 25.1. The van der Waals surface area contributed by atoms with Crippen LogP contribution in [0.2, 0.25) is 0 Å². The predicted octanol–water partition coefficient (Wildman–Crippen LogP) is 3.93. The number of methoxy groups -OCH3 is 1. The van der Waals surface area contributed by atoms with Crippen LogP contribution in [0.25, 0.3) is 10.9 Å². The first-order valence-electron chi connectivity index (χ1n) is 12.4. The summed E-state index contributed by atoms with van der Waals surface area (Å²) < 4.78 is 13.3. The molecule has 0 spiro atoms. The highest BCUT2D eigenvalue weighted by molar-refractivity contribution is 6.05. The first-order chi connectivity index (χ1) is 16.7. The molecule has 34 heavy (non-hydrogen) atoms. The Labute approximate surface area is 200 Å². The van der Waals surface area contributed by atoms with Crippen molar-refractivity contribution in [3.05, 3.63) is 59.8 Å². The van der Waals surface area contributed by atoms with Gasteiger partial charge in [0.2, 0.25) is 0 Å². The minimum atomic E-state index is -0.0538. The smallest absolute Gasteiger partial charge is 0.272 e. The molecular weight excluding hydrogens is 428 g/mol. The van der Waals surface area contributed by atoms with Gasteiger partial charge in [0.15, 0.2) is 5.69 Å². The van der Waals surface area contributed by atoms with Gasteiger partial charge < -0.3 is 14.8 Å². The van der Waals surface area contributed by atoms with Crippen LogP contribution >= 0.6 is 0 Å². The van der Waals surface area contributed by atoms with Crippen molar-refractivity contribution in [1.29, 1.82) is 0 Å². The largest absolute Gasteiger partial charge is 0.497 e. The molecule has 3 fully saturated rings. The minimum Gasteiger partial charge on any atom is -0.497 e. The lowest BCUT2D eigenvalue weighted by Gasteiger charge is -2.48. The molecule has 7 nitrogen and oxygen atoms in total.